The van der Waals surface area contributed by atoms with E-state index in [0.29, 0.717) is 5.92 Å². The lowest BCUT2D eigenvalue weighted by Gasteiger charge is -2.21. The van der Waals surface area contributed by atoms with Gasteiger partial charge < -0.3 is 5.11 Å². The molecule has 2 nitrogen and oxygen atoms in total. The fourth-order valence-corrected chi connectivity index (χ4v) is 3.49. The van der Waals surface area contributed by atoms with Crippen molar-refractivity contribution in [2.45, 2.75) is 32.1 Å². The van der Waals surface area contributed by atoms with E-state index in [2.05, 4.69) is 43.3 Å². The van der Waals surface area contributed by atoms with Gasteiger partial charge in [0.15, 0.2) is 0 Å². The molecule has 0 radical (unpaired) electrons. The highest BCUT2D eigenvalue weighted by molar-refractivity contribution is 5.91. The van der Waals surface area contributed by atoms with Gasteiger partial charge in [0.1, 0.15) is 0 Å². The predicted molar refractivity (Wildman–Crippen MR) is 76.4 cm³/mol. The third kappa shape index (κ3) is 2.01. The van der Waals surface area contributed by atoms with Gasteiger partial charge in [-0.1, -0.05) is 49.7 Å². The van der Waals surface area contributed by atoms with Gasteiger partial charge in [0, 0.05) is 6.42 Å². The van der Waals surface area contributed by atoms with Crippen LogP contribution in [0.2, 0.25) is 0 Å². The van der Waals surface area contributed by atoms with Gasteiger partial charge in [-0.3, -0.25) is 4.79 Å². The summed E-state index contributed by atoms with van der Waals surface area (Å²) in [5, 5.41) is 11.7. The van der Waals surface area contributed by atoms with Gasteiger partial charge in [0.25, 0.3) is 0 Å². The summed E-state index contributed by atoms with van der Waals surface area (Å²) in [6.07, 6.45) is 2.18. The average Bonchev–Trinajstić information content (AvgIpc) is 2.78. The van der Waals surface area contributed by atoms with Crippen molar-refractivity contribution < 1.29 is 9.90 Å². The second-order valence-electron chi connectivity index (χ2n) is 5.44. The molecular formula is C17H18O2. The molecule has 0 fully saturated rings. The molecule has 1 N–H and O–H groups in total. The fourth-order valence-electron chi connectivity index (χ4n) is 3.49. The fraction of sp³-hybridized carbons (Fsp3) is 0.353. The van der Waals surface area contributed by atoms with Crippen molar-refractivity contribution >= 4 is 16.7 Å². The van der Waals surface area contributed by atoms with Crippen LogP contribution in [0.5, 0.6) is 0 Å². The molecule has 2 atom stereocenters. The zero-order valence-electron chi connectivity index (χ0n) is 11.1. The molecule has 0 saturated carbocycles. The van der Waals surface area contributed by atoms with Crippen molar-refractivity contribution in [2.75, 3.05) is 0 Å². The van der Waals surface area contributed by atoms with E-state index in [0.717, 1.165) is 12.8 Å². The monoisotopic (exact) mass is 254 g/mol. The molecule has 3 rings (SSSR count). The Morgan fingerprint density at radius 2 is 2.05 bits per heavy atom. The highest BCUT2D eigenvalue weighted by Crippen LogP contribution is 2.43. The normalized spacial score (nSPS) is 18.7. The highest BCUT2D eigenvalue weighted by atomic mass is 16.4. The van der Waals surface area contributed by atoms with E-state index in [1.807, 2.05) is 0 Å². The Labute approximate surface area is 113 Å². The van der Waals surface area contributed by atoms with Gasteiger partial charge in [-0.25, -0.2) is 0 Å². The number of carbonyl (C=O) groups is 1. The molecule has 1 aliphatic rings. The summed E-state index contributed by atoms with van der Waals surface area (Å²) in [6, 6.07) is 12.8. The Morgan fingerprint density at radius 1 is 1.32 bits per heavy atom. The Balaban J connectivity index is 2.05. The molecule has 2 heteroatoms. The molecule has 2 aromatic rings. The van der Waals surface area contributed by atoms with Crippen molar-refractivity contribution in [1.82, 2.24) is 0 Å². The van der Waals surface area contributed by atoms with Gasteiger partial charge in [-0.15, -0.1) is 0 Å². The molecule has 0 amide bonds. The maximum absolute atomic E-state index is 11.0. The zero-order chi connectivity index (χ0) is 13.4. The van der Waals surface area contributed by atoms with Crippen molar-refractivity contribution in [3.8, 4) is 0 Å². The first-order valence-corrected chi connectivity index (χ1v) is 6.93. The van der Waals surface area contributed by atoms with Crippen LogP contribution >= 0.6 is 0 Å². The average molecular weight is 254 g/mol. The number of carboxylic acids is 1. The first-order valence-electron chi connectivity index (χ1n) is 6.93. The lowest BCUT2D eigenvalue weighted by atomic mass is 9.82. The van der Waals surface area contributed by atoms with Crippen LogP contribution in [0, 0.1) is 5.92 Å². The summed E-state index contributed by atoms with van der Waals surface area (Å²) in [5.41, 5.74) is 2.73. The van der Waals surface area contributed by atoms with Crippen LogP contribution in [0.15, 0.2) is 36.4 Å². The minimum Gasteiger partial charge on any atom is -0.481 e. The minimum atomic E-state index is -0.685. The number of carboxylic acid groups (broad SMARTS) is 1. The first kappa shape index (κ1) is 12.2. The van der Waals surface area contributed by atoms with Crippen LogP contribution in [-0.4, -0.2) is 11.1 Å². The second-order valence-corrected chi connectivity index (χ2v) is 5.44. The first-order chi connectivity index (χ1) is 9.20. The SMILES string of the molecule is CCC(CC(=O)O)C1Cc2cccc3cccc1c23. The standard InChI is InChI=1S/C17H18O2/c1-2-11(10-16(18)19)15-9-13-7-3-5-12-6-4-8-14(15)17(12)13/h3-8,11,15H,2,9-10H2,1H3,(H,18,19). The van der Waals surface area contributed by atoms with Gasteiger partial charge in [-0.05, 0) is 40.2 Å². The van der Waals surface area contributed by atoms with Crippen molar-refractivity contribution in [3.63, 3.8) is 0 Å². The van der Waals surface area contributed by atoms with E-state index < -0.39 is 5.97 Å². The zero-order valence-corrected chi connectivity index (χ0v) is 11.1. The van der Waals surface area contributed by atoms with Crippen LogP contribution in [0.4, 0.5) is 0 Å². The largest absolute Gasteiger partial charge is 0.481 e. The van der Waals surface area contributed by atoms with Crippen LogP contribution in [0.1, 0.15) is 36.8 Å². The molecule has 98 valence electrons. The third-order valence-corrected chi connectivity index (χ3v) is 4.39. The van der Waals surface area contributed by atoms with E-state index in [-0.39, 0.29) is 12.3 Å². The van der Waals surface area contributed by atoms with Gasteiger partial charge in [-0.2, -0.15) is 0 Å². The quantitative estimate of drug-likeness (QED) is 0.896. The van der Waals surface area contributed by atoms with E-state index in [4.69, 9.17) is 5.11 Å². The summed E-state index contributed by atoms with van der Waals surface area (Å²) >= 11 is 0. The van der Waals surface area contributed by atoms with Crippen LogP contribution in [0.3, 0.4) is 0 Å². The number of hydrogen-bond donors (Lipinski definition) is 1. The van der Waals surface area contributed by atoms with Crippen LogP contribution in [0.25, 0.3) is 10.8 Å². The molecule has 19 heavy (non-hydrogen) atoms. The number of rotatable bonds is 4. The van der Waals surface area contributed by atoms with Gasteiger partial charge >= 0.3 is 5.97 Å². The maximum atomic E-state index is 11.0. The minimum absolute atomic E-state index is 0.232. The molecule has 0 heterocycles. The van der Waals surface area contributed by atoms with E-state index in [9.17, 15) is 4.79 Å². The smallest absolute Gasteiger partial charge is 0.303 e. The van der Waals surface area contributed by atoms with Crippen LogP contribution < -0.4 is 0 Å². The van der Waals surface area contributed by atoms with Crippen LogP contribution in [-0.2, 0) is 11.2 Å². The van der Waals surface area contributed by atoms with Gasteiger partial charge in [0.2, 0.25) is 0 Å². The maximum Gasteiger partial charge on any atom is 0.303 e. The summed E-state index contributed by atoms with van der Waals surface area (Å²) in [5.74, 6) is -0.0901. The molecule has 2 aromatic carbocycles. The van der Waals surface area contributed by atoms with Crippen molar-refractivity contribution in [2.24, 2.45) is 5.92 Å². The van der Waals surface area contributed by atoms with Crippen molar-refractivity contribution in [3.05, 3.63) is 47.5 Å². The molecule has 2 unspecified atom stereocenters. The van der Waals surface area contributed by atoms with Gasteiger partial charge in [0.05, 0.1) is 0 Å². The van der Waals surface area contributed by atoms with E-state index >= 15 is 0 Å². The molecule has 0 aliphatic heterocycles. The van der Waals surface area contributed by atoms with E-state index in [1.54, 1.807) is 0 Å². The number of benzene rings is 2. The molecule has 1 aliphatic carbocycles. The Morgan fingerprint density at radius 3 is 2.74 bits per heavy atom. The topological polar surface area (TPSA) is 37.3 Å². The Hall–Kier alpha value is -1.83. The van der Waals surface area contributed by atoms with Crippen molar-refractivity contribution in [1.29, 1.82) is 0 Å². The summed E-state index contributed by atoms with van der Waals surface area (Å²) in [4.78, 5) is 11.0. The Kier molecular flexibility index (Phi) is 3.02. The second kappa shape index (κ2) is 4.69. The molecule has 0 bridgehead atoms. The molecule has 0 spiro atoms. The molecule has 0 saturated heterocycles. The Bertz CT molecular complexity index is 625. The third-order valence-electron chi connectivity index (χ3n) is 4.39. The molecule has 0 aromatic heterocycles. The molecular weight excluding hydrogens is 236 g/mol. The van der Waals surface area contributed by atoms with E-state index in [1.165, 1.54) is 21.9 Å². The number of aliphatic carboxylic acids is 1. The summed E-state index contributed by atoms with van der Waals surface area (Å²) in [7, 11) is 0. The number of hydrogen-bond acceptors (Lipinski definition) is 1. The summed E-state index contributed by atoms with van der Waals surface area (Å²) < 4.78 is 0. The lowest BCUT2D eigenvalue weighted by molar-refractivity contribution is -0.138. The highest BCUT2D eigenvalue weighted by Gasteiger charge is 2.30. The summed E-state index contributed by atoms with van der Waals surface area (Å²) in [6.45, 7) is 2.09. The predicted octanol–water partition coefficient (Wildman–Crippen LogP) is 3.98. The lowest BCUT2D eigenvalue weighted by Crippen LogP contribution is -2.15.